The zero-order chi connectivity index (χ0) is 11.7. The maximum absolute atomic E-state index is 13.1. The van der Waals surface area contributed by atoms with E-state index in [1.54, 1.807) is 25.1 Å². The second-order valence-electron chi connectivity index (χ2n) is 3.77. The lowest BCUT2D eigenvalue weighted by molar-refractivity contribution is -0.138. The maximum Gasteiger partial charge on any atom is 0.310 e. The van der Waals surface area contributed by atoms with Crippen molar-refractivity contribution in [1.82, 2.24) is 0 Å². The maximum atomic E-state index is 13.1. The van der Waals surface area contributed by atoms with Crippen LogP contribution in [0.3, 0.4) is 0 Å². The van der Waals surface area contributed by atoms with Crippen LogP contribution in [0.25, 0.3) is 10.8 Å². The summed E-state index contributed by atoms with van der Waals surface area (Å²) >= 11 is 0. The number of carbonyl (C=O) groups is 1. The van der Waals surface area contributed by atoms with Gasteiger partial charge >= 0.3 is 5.97 Å². The SMILES string of the molecule is CC(C(=O)O)c1cccc2ccc(F)cc12. The molecule has 0 saturated heterocycles. The van der Waals surface area contributed by atoms with Crippen LogP contribution in [0.1, 0.15) is 18.4 Å². The van der Waals surface area contributed by atoms with Crippen molar-refractivity contribution in [2.45, 2.75) is 12.8 Å². The van der Waals surface area contributed by atoms with Crippen LogP contribution in [0.4, 0.5) is 4.39 Å². The first kappa shape index (κ1) is 10.6. The first-order valence-electron chi connectivity index (χ1n) is 5.00. The van der Waals surface area contributed by atoms with Gasteiger partial charge in [-0.25, -0.2) is 4.39 Å². The van der Waals surface area contributed by atoms with E-state index in [0.29, 0.717) is 10.9 Å². The summed E-state index contributed by atoms with van der Waals surface area (Å²) in [5.74, 6) is -1.89. The van der Waals surface area contributed by atoms with Gasteiger partial charge in [0.2, 0.25) is 0 Å². The lowest BCUT2D eigenvalue weighted by Crippen LogP contribution is -2.07. The molecule has 0 aliphatic carbocycles. The van der Waals surface area contributed by atoms with Gasteiger partial charge in [-0.2, -0.15) is 0 Å². The number of aliphatic carboxylic acids is 1. The molecule has 0 aliphatic rings. The molecule has 0 aliphatic heterocycles. The first-order chi connectivity index (χ1) is 7.59. The van der Waals surface area contributed by atoms with Crippen molar-refractivity contribution < 1.29 is 14.3 Å². The van der Waals surface area contributed by atoms with Crippen molar-refractivity contribution >= 4 is 16.7 Å². The third kappa shape index (κ3) is 1.76. The third-order valence-corrected chi connectivity index (χ3v) is 2.71. The van der Waals surface area contributed by atoms with E-state index < -0.39 is 11.9 Å². The minimum Gasteiger partial charge on any atom is -0.481 e. The topological polar surface area (TPSA) is 37.3 Å². The largest absolute Gasteiger partial charge is 0.481 e. The van der Waals surface area contributed by atoms with E-state index in [-0.39, 0.29) is 5.82 Å². The van der Waals surface area contributed by atoms with Gasteiger partial charge in [0.25, 0.3) is 0 Å². The molecular weight excluding hydrogens is 207 g/mol. The van der Waals surface area contributed by atoms with E-state index in [4.69, 9.17) is 5.11 Å². The van der Waals surface area contributed by atoms with E-state index in [9.17, 15) is 9.18 Å². The summed E-state index contributed by atoms with van der Waals surface area (Å²) in [6, 6.07) is 9.76. The number of halogens is 1. The average molecular weight is 218 g/mol. The normalized spacial score (nSPS) is 12.6. The Hall–Kier alpha value is -1.90. The Labute approximate surface area is 92.3 Å². The fourth-order valence-electron chi connectivity index (χ4n) is 1.78. The molecule has 1 N–H and O–H groups in total. The van der Waals surface area contributed by atoms with E-state index >= 15 is 0 Å². The molecule has 82 valence electrons. The molecule has 16 heavy (non-hydrogen) atoms. The van der Waals surface area contributed by atoms with E-state index in [2.05, 4.69) is 0 Å². The molecule has 1 atom stereocenters. The molecular formula is C13H11FO2. The molecule has 2 nitrogen and oxygen atoms in total. The third-order valence-electron chi connectivity index (χ3n) is 2.71. The molecule has 0 saturated carbocycles. The van der Waals surface area contributed by atoms with E-state index in [1.165, 1.54) is 12.1 Å². The number of carboxylic acids is 1. The number of fused-ring (bicyclic) bond motifs is 1. The Bertz CT molecular complexity index is 549. The highest BCUT2D eigenvalue weighted by molar-refractivity contribution is 5.90. The van der Waals surface area contributed by atoms with E-state index in [1.807, 2.05) is 6.07 Å². The van der Waals surface area contributed by atoms with Crippen LogP contribution in [-0.4, -0.2) is 11.1 Å². The lowest BCUT2D eigenvalue weighted by atomic mass is 9.95. The molecule has 0 heterocycles. The number of carboxylic acid groups (broad SMARTS) is 1. The van der Waals surface area contributed by atoms with E-state index in [0.717, 1.165) is 5.39 Å². The number of benzene rings is 2. The van der Waals surface area contributed by atoms with Crippen LogP contribution in [-0.2, 0) is 4.79 Å². The summed E-state index contributed by atoms with van der Waals surface area (Å²) in [4.78, 5) is 10.9. The van der Waals surface area contributed by atoms with Crippen molar-refractivity contribution in [3.63, 3.8) is 0 Å². The first-order valence-corrected chi connectivity index (χ1v) is 5.00. The molecule has 0 aromatic heterocycles. The minimum absolute atomic E-state index is 0.350. The molecule has 2 aromatic carbocycles. The Morgan fingerprint density at radius 3 is 2.75 bits per heavy atom. The minimum atomic E-state index is -0.906. The van der Waals surface area contributed by atoms with Crippen LogP contribution >= 0.6 is 0 Å². The van der Waals surface area contributed by atoms with Crippen molar-refractivity contribution in [2.75, 3.05) is 0 Å². The average Bonchev–Trinajstić information content (AvgIpc) is 2.27. The fourth-order valence-corrected chi connectivity index (χ4v) is 1.78. The summed E-state index contributed by atoms with van der Waals surface area (Å²) in [5, 5.41) is 10.5. The molecule has 2 aromatic rings. The van der Waals surface area contributed by atoms with Crippen LogP contribution in [0.15, 0.2) is 36.4 Å². The molecule has 0 amide bonds. The van der Waals surface area contributed by atoms with Gasteiger partial charge in [-0.15, -0.1) is 0 Å². The van der Waals surface area contributed by atoms with Gasteiger partial charge in [0.15, 0.2) is 0 Å². The molecule has 0 fully saturated rings. The summed E-state index contributed by atoms with van der Waals surface area (Å²) in [6.45, 7) is 1.60. The zero-order valence-electron chi connectivity index (χ0n) is 8.77. The second kappa shape index (κ2) is 3.93. The van der Waals surface area contributed by atoms with Crippen molar-refractivity contribution in [2.24, 2.45) is 0 Å². The fraction of sp³-hybridized carbons (Fsp3) is 0.154. The summed E-state index contributed by atoms with van der Waals surface area (Å²) < 4.78 is 13.1. The van der Waals surface area contributed by atoms with Crippen molar-refractivity contribution in [3.05, 3.63) is 47.8 Å². The Morgan fingerprint density at radius 2 is 2.06 bits per heavy atom. The quantitative estimate of drug-likeness (QED) is 0.840. The molecule has 0 bridgehead atoms. The van der Waals surface area contributed by atoms with Gasteiger partial charge < -0.3 is 5.11 Å². The molecule has 0 radical (unpaired) electrons. The summed E-state index contributed by atoms with van der Waals surface area (Å²) in [5.41, 5.74) is 0.643. The Morgan fingerprint density at radius 1 is 1.31 bits per heavy atom. The lowest BCUT2D eigenvalue weighted by Gasteiger charge is -2.10. The summed E-state index contributed by atoms with van der Waals surface area (Å²) in [6.07, 6.45) is 0. The van der Waals surface area contributed by atoms with Crippen molar-refractivity contribution in [3.8, 4) is 0 Å². The highest BCUT2D eigenvalue weighted by Gasteiger charge is 2.16. The Kier molecular flexibility index (Phi) is 2.60. The molecule has 0 spiro atoms. The van der Waals surface area contributed by atoms with Gasteiger partial charge in [0, 0.05) is 0 Å². The molecule has 2 rings (SSSR count). The van der Waals surface area contributed by atoms with Gasteiger partial charge in [0.05, 0.1) is 5.92 Å². The zero-order valence-corrected chi connectivity index (χ0v) is 8.77. The van der Waals surface area contributed by atoms with Gasteiger partial charge in [-0.05, 0) is 35.4 Å². The van der Waals surface area contributed by atoms with Crippen LogP contribution < -0.4 is 0 Å². The predicted molar refractivity (Wildman–Crippen MR) is 60.0 cm³/mol. The summed E-state index contributed by atoms with van der Waals surface area (Å²) in [7, 11) is 0. The number of hydrogen-bond acceptors (Lipinski definition) is 1. The van der Waals surface area contributed by atoms with Gasteiger partial charge in [0.1, 0.15) is 5.82 Å². The number of rotatable bonds is 2. The van der Waals surface area contributed by atoms with Crippen LogP contribution in [0.5, 0.6) is 0 Å². The van der Waals surface area contributed by atoms with Gasteiger partial charge in [-0.3, -0.25) is 4.79 Å². The van der Waals surface area contributed by atoms with Crippen LogP contribution in [0, 0.1) is 5.82 Å². The van der Waals surface area contributed by atoms with Crippen LogP contribution in [0.2, 0.25) is 0 Å². The monoisotopic (exact) mass is 218 g/mol. The highest BCUT2D eigenvalue weighted by Crippen LogP contribution is 2.26. The highest BCUT2D eigenvalue weighted by atomic mass is 19.1. The Balaban J connectivity index is 2.69. The molecule has 1 unspecified atom stereocenters. The standard InChI is InChI=1S/C13H11FO2/c1-8(13(15)16)11-4-2-3-9-5-6-10(14)7-12(9)11/h2-8H,1H3,(H,15,16). The smallest absolute Gasteiger partial charge is 0.310 e. The van der Waals surface area contributed by atoms with Gasteiger partial charge in [-0.1, -0.05) is 24.3 Å². The second-order valence-corrected chi connectivity index (χ2v) is 3.77. The molecule has 3 heteroatoms. The predicted octanol–water partition coefficient (Wildman–Crippen LogP) is 3.17. The van der Waals surface area contributed by atoms with Crippen molar-refractivity contribution in [1.29, 1.82) is 0 Å². The number of hydrogen-bond donors (Lipinski definition) is 1.